The molecular formula is C12H9O2S2. The summed E-state index contributed by atoms with van der Waals surface area (Å²) in [7, 11) is 0. The Kier molecular flexibility index (Phi) is 3.31. The lowest BCUT2D eigenvalue weighted by atomic mass is 10.2. The van der Waals surface area contributed by atoms with Gasteiger partial charge in [-0.3, -0.25) is 9.59 Å². The second-order valence-corrected chi connectivity index (χ2v) is 5.38. The molecule has 0 aliphatic carbocycles. The molecule has 0 aliphatic rings. The summed E-state index contributed by atoms with van der Waals surface area (Å²) in [5.41, 5.74) is 0. The molecule has 81 valence electrons. The predicted octanol–water partition coefficient (Wildman–Crippen LogP) is 3.25. The largest absolute Gasteiger partial charge is 0.293 e. The molecular weight excluding hydrogens is 240 g/mol. The van der Waals surface area contributed by atoms with E-state index in [9.17, 15) is 9.59 Å². The van der Waals surface area contributed by atoms with Crippen molar-refractivity contribution in [2.45, 2.75) is 6.42 Å². The average Bonchev–Trinajstić information content (AvgIpc) is 2.87. The van der Waals surface area contributed by atoms with Gasteiger partial charge in [-0.2, -0.15) is 0 Å². The smallest absolute Gasteiger partial charge is 0.177 e. The van der Waals surface area contributed by atoms with Crippen molar-refractivity contribution < 1.29 is 9.59 Å². The summed E-state index contributed by atoms with van der Waals surface area (Å²) in [6.07, 6.45) is 0.360. The van der Waals surface area contributed by atoms with Crippen molar-refractivity contribution in [3.05, 3.63) is 51.2 Å². The average molecular weight is 249 g/mol. The summed E-state index contributed by atoms with van der Waals surface area (Å²) < 4.78 is 0. The minimum Gasteiger partial charge on any atom is -0.293 e. The van der Waals surface area contributed by atoms with E-state index in [1.165, 1.54) is 22.7 Å². The van der Waals surface area contributed by atoms with Crippen LogP contribution in [0.25, 0.3) is 0 Å². The number of ketones is 2. The normalized spacial score (nSPS) is 10.3. The molecule has 0 aromatic carbocycles. The van der Waals surface area contributed by atoms with E-state index in [-0.39, 0.29) is 11.6 Å². The van der Waals surface area contributed by atoms with Crippen molar-refractivity contribution in [1.29, 1.82) is 0 Å². The van der Waals surface area contributed by atoms with E-state index in [1.807, 2.05) is 23.6 Å². The van der Waals surface area contributed by atoms with Crippen LogP contribution in [0.15, 0.2) is 29.6 Å². The van der Waals surface area contributed by atoms with Crippen LogP contribution in [-0.4, -0.2) is 11.6 Å². The van der Waals surface area contributed by atoms with E-state index in [1.54, 1.807) is 6.07 Å². The molecule has 0 saturated heterocycles. The number of carbonyl (C=O) groups is 2. The van der Waals surface area contributed by atoms with Gasteiger partial charge in [0.25, 0.3) is 0 Å². The molecule has 0 atom stereocenters. The summed E-state index contributed by atoms with van der Waals surface area (Å²) in [6, 6.07) is 7.21. The molecule has 4 heteroatoms. The molecule has 2 aromatic rings. The highest BCUT2D eigenvalue weighted by molar-refractivity contribution is 7.14. The Morgan fingerprint density at radius 1 is 1.19 bits per heavy atom. The molecule has 0 fully saturated rings. The van der Waals surface area contributed by atoms with Gasteiger partial charge >= 0.3 is 0 Å². The molecule has 2 aromatic heterocycles. The van der Waals surface area contributed by atoms with Gasteiger partial charge in [0.05, 0.1) is 9.75 Å². The minimum atomic E-state index is -0.195. The fourth-order valence-corrected chi connectivity index (χ4v) is 2.84. The Bertz CT molecular complexity index is 509. The second-order valence-electron chi connectivity index (χ2n) is 3.27. The van der Waals surface area contributed by atoms with Gasteiger partial charge < -0.3 is 0 Å². The van der Waals surface area contributed by atoms with Gasteiger partial charge in [0.15, 0.2) is 11.6 Å². The summed E-state index contributed by atoms with van der Waals surface area (Å²) in [5, 5.41) is 1.88. The highest BCUT2D eigenvalue weighted by Crippen LogP contribution is 2.20. The maximum Gasteiger partial charge on any atom is 0.177 e. The molecule has 2 heterocycles. The maximum atomic E-state index is 11.8. The molecule has 0 unspecified atom stereocenters. The molecule has 0 N–H and O–H groups in total. The zero-order valence-corrected chi connectivity index (χ0v) is 10.1. The number of hydrogen-bond donors (Lipinski definition) is 0. The standard InChI is InChI=1S/C12H9O2S2/c1-8(13)11-5-4-9(16-11)7-10(14)12-3-2-6-15-12/h2-6H,1,7H2. The van der Waals surface area contributed by atoms with Gasteiger partial charge in [-0.05, 0) is 23.6 Å². The molecule has 2 nitrogen and oxygen atoms in total. The van der Waals surface area contributed by atoms with Crippen molar-refractivity contribution in [2.24, 2.45) is 0 Å². The Morgan fingerprint density at radius 2 is 2.00 bits per heavy atom. The number of carbonyl (C=O) groups excluding carboxylic acids is 2. The SMILES string of the molecule is [CH2]C(=O)c1ccc(CC(=O)c2cccs2)s1. The van der Waals surface area contributed by atoms with Crippen molar-refractivity contribution in [2.75, 3.05) is 0 Å². The third-order valence-electron chi connectivity index (χ3n) is 2.07. The topological polar surface area (TPSA) is 34.1 Å². The summed E-state index contributed by atoms with van der Waals surface area (Å²) in [6.45, 7) is 3.34. The molecule has 0 aliphatic heterocycles. The third kappa shape index (κ3) is 2.46. The fourth-order valence-electron chi connectivity index (χ4n) is 1.31. The molecule has 2 rings (SSSR count). The first kappa shape index (κ1) is 11.2. The second kappa shape index (κ2) is 4.72. The lowest BCUT2D eigenvalue weighted by Gasteiger charge is -1.94. The van der Waals surface area contributed by atoms with Gasteiger partial charge in [-0.1, -0.05) is 6.07 Å². The van der Waals surface area contributed by atoms with Gasteiger partial charge in [0.1, 0.15) is 0 Å². The lowest BCUT2D eigenvalue weighted by molar-refractivity contribution is 0.0996. The van der Waals surface area contributed by atoms with E-state index in [2.05, 4.69) is 6.92 Å². The van der Waals surface area contributed by atoms with Gasteiger partial charge in [0, 0.05) is 18.2 Å². The number of hydrogen-bond acceptors (Lipinski definition) is 4. The van der Waals surface area contributed by atoms with E-state index < -0.39 is 0 Å². The maximum absolute atomic E-state index is 11.8. The first-order valence-corrected chi connectivity index (χ1v) is 6.38. The highest BCUT2D eigenvalue weighted by Gasteiger charge is 2.11. The number of rotatable bonds is 4. The van der Waals surface area contributed by atoms with Crippen LogP contribution in [0.2, 0.25) is 0 Å². The van der Waals surface area contributed by atoms with E-state index >= 15 is 0 Å². The quantitative estimate of drug-likeness (QED) is 0.779. The molecule has 16 heavy (non-hydrogen) atoms. The predicted molar refractivity (Wildman–Crippen MR) is 66.4 cm³/mol. The fraction of sp³-hybridized carbons (Fsp3) is 0.0833. The van der Waals surface area contributed by atoms with Gasteiger partial charge in [-0.25, -0.2) is 0 Å². The van der Waals surface area contributed by atoms with Crippen LogP contribution >= 0.6 is 22.7 Å². The van der Waals surface area contributed by atoms with E-state index in [0.717, 1.165) is 9.75 Å². The van der Waals surface area contributed by atoms with Crippen molar-refractivity contribution in [1.82, 2.24) is 0 Å². The van der Waals surface area contributed by atoms with E-state index in [0.29, 0.717) is 11.3 Å². The minimum absolute atomic E-state index is 0.0971. The van der Waals surface area contributed by atoms with Crippen LogP contribution in [0, 0.1) is 6.92 Å². The zero-order valence-electron chi connectivity index (χ0n) is 8.43. The van der Waals surface area contributed by atoms with Crippen molar-refractivity contribution in [3.8, 4) is 0 Å². The van der Waals surface area contributed by atoms with Crippen LogP contribution in [0.5, 0.6) is 0 Å². The van der Waals surface area contributed by atoms with Crippen LogP contribution in [0.3, 0.4) is 0 Å². The Morgan fingerprint density at radius 3 is 2.56 bits per heavy atom. The Balaban J connectivity index is 2.09. The van der Waals surface area contributed by atoms with Crippen LogP contribution in [0.1, 0.15) is 24.2 Å². The molecule has 0 spiro atoms. The summed E-state index contributed by atoms with van der Waals surface area (Å²) in [5.74, 6) is -0.0975. The number of Topliss-reactive ketones (excluding diaryl/α,β-unsaturated/α-hetero) is 2. The Hall–Kier alpha value is -1.26. The zero-order chi connectivity index (χ0) is 11.5. The van der Waals surface area contributed by atoms with Crippen molar-refractivity contribution >= 4 is 34.2 Å². The molecule has 0 saturated carbocycles. The van der Waals surface area contributed by atoms with Crippen molar-refractivity contribution in [3.63, 3.8) is 0 Å². The van der Waals surface area contributed by atoms with Gasteiger partial charge in [-0.15, -0.1) is 22.7 Å². The first-order chi connectivity index (χ1) is 7.66. The summed E-state index contributed by atoms with van der Waals surface area (Å²) in [4.78, 5) is 25.0. The van der Waals surface area contributed by atoms with Gasteiger partial charge in [0.2, 0.25) is 0 Å². The van der Waals surface area contributed by atoms with E-state index in [4.69, 9.17) is 0 Å². The third-order valence-corrected chi connectivity index (χ3v) is 4.10. The summed E-state index contributed by atoms with van der Waals surface area (Å²) >= 11 is 2.78. The van der Waals surface area contributed by atoms with Crippen LogP contribution in [0.4, 0.5) is 0 Å². The highest BCUT2D eigenvalue weighted by atomic mass is 32.1. The molecule has 0 bridgehead atoms. The Labute approximate surface area is 102 Å². The molecule has 0 amide bonds. The lowest BCUT2D eigenvalue weighted by Crippen LogP contribution is -1.98. The van der Waals surface area contributed by atoms with Crippen LogP contribution < -0.4 is 0 Å². The number of thiophene rings is 2. The first-order valence-electron chi connectivity index (χ1n) is 4.68. The van der Waals surface area contributed by atoms with Crippen LogP contribution in [-0.2, 0) is 6.42 Å². The monoisotopic (exact) mass is 249 g/mol. The molecule has 1 radical (unpaired) electrons.